The minimum Gasteiger partial charge on any atom is -0.492 e. The lowest BCUT2D eigenvalue weighted by Crippen LogP contribution is -2.52. The summed E-state index contributed by atoms with van der Waals surface area (Å²) in [5.74, 6) is 6.32. The second-order valence-corrected chi connectivity index (χ2v) is 27.4. The number of nitrogens with one attached hydrogen (secondary N) is 2. The number of nitrogens with zero attached hydrogens (tertiary/aromatic N) is 6. The molecule has 2 saturated carbocycles. The molecule has 3 aromatic heterocycles. The molecule has 0 amide bonds. The summed E-state index contributed by atoms with van der Waals surface area (Å²) in [4.78, 5) is 43.5. The van der Waals surface area contributed by atoms with Crippen molar-refractivity contribution in [1.82, 2.24) is 39.9 Å². The number of ether oxygens (including phenoxy) is 8. The third-order valence-corrected chi connectivity index (χ3v) is 20.7. The van der Waals surface area contributed by atoms with E-state index in [1.54, 1.807) is 0 Å². The minimum atomic E-state index is -0.331. The van der Waals surface area contributed by atoms with Gasteiger partial charge in [0.1, 0.15) is 68.7 Å². The van der Waals surface area contributed by atoms with Crippen LogP contribution in [0.5, 0.6) is 34.5 Å². The maximum Gasteiger partial charge on any atom is 0.168 e. The third kappa shape index (κ3) is 13.1. The number of fused-ring (bicyclic) bond motifs is 24. The van der Waals surface area contributed by atoms with Crippen LogP contribution in [-0.4, -0.2) is 105 Å². The number of hydrogen-bond acceptors (Lipinski definition) is 14. The molecule has 2 fully saturated rings. The number of H-pyrrole nitrogens is 2. The zero-order valence-electron chi connectivity index (χ0n) is 58.7. The number of aromatic amines is 2. The molecule has 8 bridgehead atoms. The Balaban J connectivity index is 1.27. The average Bonchev–Trinajstić information content (AvgIpc) is 1.56. The van der Waals surface area contributed by atoms with Gasteiger partial charge in [0.2, 0.25) is 0 Å². The fourth-order valence-corrected chi connectivity index (χ4v) is 15.7. The largest absolute Gasteiger partial charge is 0.492 e. The van der Waals surface area contributed by atoms with Gasteiger partial charge in [-0.3, -0.25) is 0 Å². The molecule has 3 aliphatic carbocycles. The Morgan fingerprint density at radius 2 is 0.656 bits per heavy atom. The predicted molar refractivity (Wildman–Crippen MR) is 386 cm³/mol. The van der Waals surface area contributed by atoms with Gasteiger partial charge in [-0.2, -0.15) is 0 Å². The zero-order chi connectivity index (χ0) is 66.1. The number of hydrogen-bond donors (Lipinski definition) is 2. The summed E-state index contributed by atoms with van der Waals surface area (Å²) < 4.78 is 58.2. The molecule has 13 rings (SSSR count). The zero-order valence-corrected chi connectivity index (χ0v) is 58.7. The van der Waals surface area contributed by atoms with Gasteiger partial charge in [0.05, 0.1) is 96.4 Å². The summed E-state index contributed by atoms with van der Waals surface area (Å²) in [5.41, 5.74) is 5.99. The first-order chi connectivity index (χ1) is 47.4. The first kappa shape index (κ1) is 67.3. The Morgan fingerprint density at radius 3 is 1.02 bits per heavy atom. The molecule has 2 aliphatic heterocycles. The SMILES string of the molecule is CCCCOc1c2c(c(OCCCC)c3ccccc13)-c1nc-2nc2[nH]c(nc3nc(nc4[nH]c(n1)c1c(OCCCC)c5ccccc5c(OCCCC)c41)[C@@H]1[C@H](OCCCC)[C@@H]4CCCC[C@H]4[C@@H](OCCCC)[C@@H]31)c1c(OCCCC)c3c(c(OCCCC)c21)CCCC3. The molecular formula is C80H104N8O8. The van der Waals surface area contributed by atoms with E-state index < -0.39 is 0 Å². The lowest BCUT2D eigenvalue weighted by atomic mass is 9.60. The monoisotopic (exact) mass is 1300 g/mol. The van der Waals surface area contributed by atoms with Crippen molar-refractivity contribution in [2.45, 2.75) is 234 Å². The van der Waals surface area contributed by atoms with Crippen molar-refractivity contribution in [3.8, 4) is 57.3 Å². The fourth-order valence-electron chi connectivity index (χ4n) is 15.7. The van der Waals surface area contributed by atoms with Crippen molar-refractivity contribution in [2.24, 2.45) is 11.8 Å². The van der Waals surface area contributed by atoms with E-state index in [-0.39, 0.29) is 35.9 Å². The van der Waals surface area contributed by atoms with E-state index in [1.807, 2.05) is 0 Å². The van der Waals surface area contributed by atoms with Crippen LogP contribution in [0.3, 0.4) is 0 Å². The molecular weight excluding hydrogens is 1200 g/mol. The summed E-state index contributed by atoms with van der Waals surface area (Å²) >= 11 is 0. The molecule has 6 atom stereocenters. The first-order valence-electron chi connectivity index (χ1n) is 37.6. The summed E-state index contributed by atoms with van der Waals surface area (Å²) in [6.45, 7) is 22.0. The van der Waals surface area contributed by atoms with Gasteiger partial charge >= 0.3 is 0 Å². The van der Waals surface area contributed by atoms with Crippen molar-refractivity contribution in [3.05, 3.63) is 71.3 Å². The molecule has 5 aromatic carbocycles. The van der Waals surface area contributed by atoms with E-state index in [9.17, 15) is 0 Å². The van der Waals surface area contributed by atoms with Crippen LogP contribution in [0.25, 0.3) is 88.5 Å². The van der Waals surface area contributed by atoms with Crippen LogP contribution in [0.15, 0.2) is 48.5 Å². The molecule has 16 heteroatoms. The van der Waals surface area contributed by atoms with Gasteiger partial charge in [0.15, 0.2) is 11.6 Å². The van der Waals surface area contributed by atoms with Crippen LogP contribution in [0.2, 0.25) is 0 Å². The van der Waals surface area contributed by atoms with Crippen LogP contribution in [0.1, 0.15) is 231 Å². The predicted octanol–water partition coefficient (Wildman–Crippen LogP) is 19.9. The second-order valence-electron chi connectivity index (χ2n) is 27.4. The molecule has 96 heavy (non-hydrogen) atoms. The molecule has 0 radical (unpaired) electrons. The quantitative estimate of drug-likeness (QED) is 0.0380. The van der Waals surface area contributed by atoms with Gasteiger partial charge < -0.3 is 47.9 Å². The smallest absolute Gasteiger partial charge is 0.168 e. The highest BCUT2D eigenvalue weighted by molar-refractivity contribution is 6.21. The molecule has 0 saturated heterocycles. The molecule has 512 valence electrons. The Labute approximate surface area is 567 Å². The normalized spacial score (nSPS) is 19.0. The number of unbranched alkanes of at least 4 members (excludes halogenated alkanes) is 8. The molecule has 16 nitrogen and oxygen atoms in total. The number of benzene rings is 5. The topological polar surface area (TPSA) is 183 Å². The van der Waals surface area contributed by atoms with E-state index in [2.05, 4.69) is 114 Å². The van der Waals surface area contributed by atoms with Crippen LogP contribution in [0, 0.1) is 11.8 Å². The van der Waals surface area contributed by atoms with Crippen molar-refractivity contribution in [1.29, 1.82) is 0 Å². The molecule has 8 aromatic rings. The fraction of sp³-hybridized carbons (Fsp3) is 0.575. The van der Waals surface area contributed by atoms with E-state index in [0.29, 0.717) is 133 Å². The lowest BCUT2D eigenvalue weighted by molar-refractivity contribution is -0.135. The van der Waals surface area contributed by atoms with Gasteiger partial charge in [0, 0.05) is 45.9 Å². The highest BCUT2D eigenvalue weighted by Gasteiger charge is 2.57. The van der Waals surface area contributed by atoms with E-state index in [4.69, 9.17) is 67.8 Å². The summed E-state index contributed by atoms with van der Waals surface area (Å²) in [7, 11) is 0. The van der Waals surface area contributed by atoms with Gasteiger partial charge in [-0.15, -0.1) is 0 Å². The number of rotatable bonds is 32. The number of aromatic nitrogens is 8. The Kier molecular flexibility index (Phi) is 22.1. The lowest BCUT2D eigenvalue weighted by Gasteiger charge is -2.50. The molecule has 0 spiro atoms. The molecule has 5 aliphatic rings. The molecule has 2 N–H and O–H groups in total. The van der Waals surface area contributed by atoms with Crippen LogP contribution >= 0.6 is 0 Å². The molecule has 0 unspecified atom stereocenters. The maximum atomic E-state index is 7.46. The van der Waals surface area contributed by atoms with Crippen molar-refractivity contribution < 1.29 is 37.9 Å². The standard InChI is InChI=1S/C80H104N8O8/c1-9-17-41-89-65-49-33-25-26-34-50(49)66(90-42-18-10-2)58-57(65)73-81-74(58)86-76-61-62(70(94-46-22-14-6)54-38-30-29-37-53(54)69(61)93-45-21-13-5)78(83-76)88-80-64-63(71(95-47-23-15-7)55-39-31-32-40-56(55)72(64)96-48-24-16-8)79(84-80)87-77-60-59(75(82-77)85-73)67(91-43-19-11-3)51-35-27-28-36-52(51)68(60)92-44-20-12-4/h25-28,33-36,53-54,61-62,69-70H,9-24,29-32,37-48H2,1-8H3,(H2,81,82,83,84,85,86,87,88)/t53-,54-,61+,62+,69-,70-/m1/s1. The Hall–Kier alpha value is -7.30. The van der Waals surface area contributed by atoms with Gasteiger partial charge in [0.25, 0.3) is 0 Å². The van der Waals surface area contributed by atoms with Crippen molar-refractivity contribution >= 4 is 65.7 Å². The Bertz CT molecular complexity index is 4200. The van der Waals surface area contributed by atoms with E-state index >= 15 is 0 Å². The van der Waals surface area contributed by atoms with Crippen LogP contribution in [0.4, 0.5) is 0 Å². The highest BCUT2D eigenvalue weighted by Crippen LogP contribution is 2.58. The van der Waals surface area contributed by atoms with E-state index in [1.165, 1.54) is 11.1 Å². The summed E-state index contributed by atoms with van der Waals surface area (Å²) in [6, 6.07) is 16.9. The van der Waals surface area contributed by atoms with Crippen LogP contribution < -0.4 is 28.4 Å². The summed E-state index contributed by atoms with van der Waals surface area (Å²) in [5, 5.41) is 6.82. The van der Waals surface area contributed by atoms with Gasteiger partial charge in [-0.25, -0.2) is 29.9 Å². The second kappa shape index (κ2) is 31.5. The highest BCUT2D eigenvalue weighted by atomic mass is 16.5. The summed E-state index contributed by atoms with van der Waals surface area (Å²) in [6.07, 6.45) is 22.6. The van der Waals surface area contributed by atoms with Crippen LogP contribution in [-0.2, 0) is 22.3 Å². The van der Waals surface area contributed by atoms with Gasteiger partial charge in [-0.1, -0.05) is 168 Å². The van der Waals surface area contributed by atoms with Crippen molar-refractivity contribution in [2.75, 3.05) is 52.9 Å². The average molecular weight is 1310 g/mol. The maximum absolute atomic E-state index is 7.46. The first-order valence-corrected chi connectivity index (χ1v) is 37.6. The molecule has 5 heterocycles. The Morgan fingerprint density at radius 1 is 0.344 bits per heavy atom. The van der Waals surface area contributed by atoms with E-state index in [0.717, 1.165) is 209 Å². The van der Waals surface area contributed by atoms with Crippen molar-refractivity contribution in [3.63, 3.8) is 0 Å². The van der Waals surface area contributed by atoms with Gasteiger partial charge in [-0.05, 0) is 102 Å². The third-order valence-electron chi connectivity index (χ3n) is 20.7. The minimum absolute atomic E-state index is 0.212.